The van der Waals surface area contributed by atoms with E-state index in [2.05, 4.69) is 14.8 Å². The maximum absolute atomic E-state index is 11.7. The van der Waals surface area contributed by atoms with Crippen LogP contribution in [0.5, 0.6) is 0 Å². The van der Waals surface area contributed by atoms with Gasteiger partial charge in [-0.05, 0) is 6.42 Å². The Morgan fingerprint density at radius 2 is 2.28 bits per heavy atom. The van der Waals surface area contributed by atoms with Gasteiger partial charge in [0.1, 0.15) is 12.9 Å². The lowest BCUT2D eigenvalue weighted by Crippen LogP contribution is -2.31. The lowest BCUT2D eigenvalue weighted by atomic mass is 10.3. The van der Waals surface area contributed by atoms with Crippen molar-refractivity contribution in [2.75, 3.05) is 26.4 Å². The Labute approximate surface area is 105 Å². The van der Waals surface area contributed by atoms with Crippen LogP contribution in [0, 0.1) is 0 Å². The molecule has 18 heavy (non-hydrogen) atoms. The zero-order chi connectivity index (χ0) is 13.5. The second-order valence-electron chi connectivity index (χ2n) is 3.80. The molecule has 2 N–H and O–H groups in total. The van der Waals surface area contributed by atoms with Crippen LogP contribution in [0.2, 0.25) is 0 Å². The number of likely N-dealkylation sites (N-methyl/N-ethyl adjacent to an activating group) is 1. The van der Waals surface area contributed by atoms with Gasteiger partial charge in [0.2, 0.25) is 11.9 Å². The van der Waals surface area contributed by atoms with Crippen molar-refractivity contribution in [3.8, 4) is 0 Å². The lowest BCUT2D eigenvalue weighted by Gasteiger charge is -2.16. The van der Waals surface area contributed by atoms with Gasteiger partial charge in [0.15, 0.2) is 0 Å². The summed E-state index contributed by atoms with van der Waals surface area (Å²) in [5.41, 5.74) is 5.34. The minimum absolute atomic E-state index is 0.0823. The number of nitrogens with zero attached hydrogens (tertiary/aromatic N) is 4. The molecule has 1 heterocycles. The first-order valence-corrected chi connectivity index (χ1v) is 5.48. The highest BCUT2D eigenvalue weighted by atomic mass is 16.5. The fourth-order valence-corrected chi connectivity index (χ4v) is 1.33. The Morgan fingerprint density at radius 1 is 1.56 bits per heavy atom. The first kappa shape index (κ1) is 13.9. The summed E-state index contributed by atoms with van der Waals surface area (Å²) < 4.78 is 5.88. The fourth-order valence-electron chi connectivity index (χ4n) is 1.33. The van der Waals surface area contributed by atoms with E-state index < -0.39 is 0 Å². The Bertz CT molecular complexity index is 417. The monoisotopic (exact) mass is 255 g/mol. The van der Waals surface area contributed by atoms with E-state index in [4.69, 9.17) is 5.73 Å². The highest BCUT2D eigenvalue weighted by molar-refractivity contribution is 5.75. The number of esters is 1. The van der Waals surface area contributed by atoms with E-state index in [1.807, 2.05) is 0 Å². The number of anilines is 1. The van der Waals surface area contributed by atoms with Crippen LogP contribution >= 0.6 is 0 Å². The zero-order valence-corrected chi connectivity index (χ0v) is 10.5. The number of hydrogen-bond donors (Lipinski definition) is 1. The van der Waals surface area contributed by atoms with Gasteiger partial charge in [-0.25, -0.2) is 9.67 Å². The van der Waals surface area contributed by atoms with Crippen molar-refractivity contribution in [3.63, 3.8) is 0 Å². The number of carbonyl (C=O) groups is 2. The molecule has 0 unspecified atom stereocenters. The lowest BCUT2D eigenvalue weighted by molar-refractivity contribution is -0.141. The largest absolute Gasteiger partial charge is 0.469 e. The molecule has 8 heteroatoms. The highest BCUT2D eigenvalue weighted by Crippen LogP contribution is 1.97. The van der Waals surface area contributed by atoms with Crippen LogP contribution in [0.25, 0.3) is 0 Å². The molecule has 1 aromatic heterocycles. The minimum atomic E-state index is -0.278. The summed E-state index contributed by atoms with van der Waals surface area (Å²) in [6, 6.07) is 0. The molecule has 0 aromatic carbocycles. The molecule has 0 fully saturated rings. The summed E-state index contributed by atoms with van der Waals surface area (Å²) in [5, 5.41) is 3.82. The van der Waals surface area contributed by atoms with Gasteiger partial charge < -0.3 is 15.4 Å². The van der Waals surface area contributed by atoms with Crippen LogP contribution in [0.1, 0.15) is 12.8 Å². The summed E-state index contributed by atoms with van der Waals surface area (Å²) in [4.78, 5) is 27.9. The Morgan fingerprint density at radius 3 is 2.83 bits per heavy atom. The molecule has 0 spiro atoms. The first-order valence-electron chi connectivity index (χ1n) is 5.48. The molecular weight excluding hydrogens is 238 g/mol. The van der Waals surface area contributed by atoms with E-state index in [9.17, 15) is 9.59 Å². The molecule has 0 saturated heterocycles. The first-order chi connectivity index (χ1) is 8.52. The van der Waals surface area contributed by atoms with E-state index in [0.29, 0.717) is 19.4 Å². The van der Waals surface area contributed by atoms with Gasteiger partial charge in [0.05, 0.1) is 7.11 Å². The summed E-state index contributed by atoms with van der Waals surface area (Å²) >= 11 is 0. The third-order valence-corrected chi connectivity index (χ3v) is 2.38. The fraction of sp³-hybridized carbons (Fsp3) is 0.600. The number of amides is 1. The molecule has 8 nitrogen and oxygen atoms in total. The predicted octanol–water partition coefficient (Wildman–Crippen LogP) is -0.728. The molecule has 0 radical (unpaired) electrons. The average molecular weight is 255 g/mol. The maximum atomic E-state index is 11.7. The zero-order valence-electron chi connectivity index (χ0n) is 10.5. The molecule has 0 aliphatic rings. The van der Waals surface area contributed by atoms with Gasteiger partial charge in [-0.3, -0.25) is 9.59 Å². The Balaban J connectivity index is 2.31. The topological polar surface area (TPSA) is 103 Å². The molecule has 0 aliphatic heterocycles. The SMILES string of the molecule is COC(=O)CCCN(C)C(=O)Cn1cnc(N)n1. The third kappa shape index (κ3) is 4.40. The van der Waals surface area contributed by atoms with Crippen LogP contribution < -0.4 is 5.73 Å². The van der Waals surface area contributed by atoms with E-state index in [1.165, 1.54) is 23.0 Å². The van der Waals surface area contributed by atoms with Crippen molar-refractivity contribution in [1.82, 2.24) is 19.7 Å². The molecule has 100 valence electrons. The summed E-state index contributed by atoms with van der Waals surface area (Å²) in [6.45, 7) is 0.567. The van der Waals surface area contributed by atoms with E-state index in [0.717, 1.165) is 0 Å². The van der Waals surface area contributed by atoms with Gasteiger partial charge in [-0.1, -0.05) is 0 Å². The average Bonchev–Trinajstić information content (AvgIpc) is 2.74. The van der Waals surface area contributed by atoms with E-state index in [1.54, 1.807) is 7.05 Å². The Kier molecular flexibility index (Phi) is 5.09. The third-order valence-electron chi connectivity index (χ3n) is 2.38. The molecule has 0 atom stereocenters. The standard InChI is InChI=1S/C10H17N5O3/c1-14(5-3-4-9(17)18-2)8(16)6-15-7-12-10(11)13-15/h7H,3-6H2,1-2H3,(H2,11,13). The Hall–Kier alpha value is -2.12. The number of carbonyl (C=O) groups excluding carboxylic acids is 2. The van der Waals surface area contributed by atoms with Crippen molar-refractivity contribution in [1.29, 1.82) is 0 Å². The van der Waals surface area contributed by atoms with E-state index in [-0.39, 0.29) is 24.4 Å². The summed E-state index contributed by atoms with van der Waals surface area (Å²) in [7, 11) is 3.01. The quantitative estimate of drug-likeness (QED) is 0.672. The van der Waals surface area contributed by atoms with E-state index >= 15 is 0 Å². The van der Waals surface area contributed by atoms with Crippen LogP contribution in [0.4, 0.5) is 5.95 Å². The van der Waals surface area contributed by atoms with Crippen molar-refractivity contribution in [2.45, 2.75) is 19.4 Å². The number of rotatable bonds is 6. The molecule has 1 aromatic rings. The second kappa shape index (κ2) is 6.58. The van der Waals surface area contributed by atoms with Gasteiger partial charge in [-0.15, -0.1) is 5.10 Å². The number of hydrogen-bond acceptors (Lipinski definition) is 6. The normalized spacial score (nSPS) is 10.1. The minimum Gasteiger partial charge on any atom is -0.469 e. The van der Waals surface area contributed by atoms with Crippen LogP contribution in [0.3, 0.4) is 0 Å². The van der Waals surface area contributed by atoms with Crippen molar-refractivity contribution in [3.05, 3.63) is 6.33 Å². The predicted molar refractivity (Wildman–Crippen MR) is 63.3 cm³/mol. The smallest absolute Gasteiger partial charge is 0.305 e. The van der Waals surface area contributed by atoms with Gasteiger partial charge in [0, 0.05) is 20.0 Å². The number of ether oxygens (including phenoxy) is 1. The highest BCUT2D eigenvalue weighted by Gasteiger charge is 2.11. The second-order valence-corrected chi connectivity index (χ2v) is 3.80. The molecule has 0 saturated carbocycles. The molecular formula is C10H17N5O3. The van der Waals surface area contributed by atoms with Crippen LogP contribution in [0.15, 0.2) is 6.33 Å². The van der Waals surface area contributed by atoms with Crippen molar-refractivity contribution >= 4 is 17.8 Å². The van der Waals surface area contributed by atoms with Crippen LogP contribution in [-0.4, -0.2) is 52.2 Å². The maximum Gasteiger partial charge on any atom is 0.305 e. The van der Waals surface area contributed by atoms with Gasteiger partial charge in [0.25, 0.3) is 0 Å². The van der Waals surface area contributed by atoms with Gasteiger partial charge >= 0.3 is 5.97 Å². The number of nitrogens with two attached hydrogens (primary N) is 1. The number of nitrogen functional groups attached to an aromatic ring is 1. The van der Waals surface area contributed by atoms with Crippen molar-refractivity contribution in [2.24, 2.45) is 0 Å². The molecule has 0 aliphatic carbocycles. The summed E-state index contributed by atoms with van der Waals surface area (Å²) in [6.07, 6.45) is 2.26. The molecule has 1 rings (SSSR count). The summed E-state index contributed by atoms with van der Waals surface area (Å²) in [5.74, 6) is -0.263. The van der Waals surface area contributed by atoms with Crippen LogP contribution in [-0.2, 0) is 20.9 Å². The molecule has 0 bridgehead atoms. The van der Waals surface area contributed by atoms with Gasteiger partial charge in [-0.2, -0.15) is 0 Å². The van der Waals surface area contributed by atoms with Crippen molar-refractivity contribution < 1.29 is 14.3 Å². The number of methoxy groups -OCH3 is 1. The molecule has 1 amide bonds. The number of aromatic nitrogens is 3.